The summed E-state index contributed by atoms with van der Waals surface area (Å²) in [4.78, 5) is 17.3. The first-order chi connectivity index (χ1) is 5.52. The maximum atomic E-state index is 11.9. The third kappa shape index (κ3) is 3.50. The molecule has 1 unspecified atom stereocenters. The van der Waals surface area contributed by atoms with Gasteiger partial charge in [0, 0.05) is 0 Å². The fourth-order valence-electron chi connectivity index (χ4n) is 0.700. The average Bonchev–Trinajstić information content (AvgIpc) is 1.81. The molecule has 7 heteroatoms. The summed E-state index contributed by atoms with van der Waals surface area (Å²) < 4.78 is 46.3. The molecule has 3 nitrogen and oxygen atoms in total. The summed E-state index contributed by atoms with van der Waals surface area (Å²) in [5.41, 5.74) is 0. The van der Waals surface area contributed by atoms with Crippen LogP contribution < -0.4 is 0 Å². The van der Waals surface area contributed by atoms with Crippen molar-refractivity contribution in [2.75, 3.05) is 0 Å². The summed E-state index contributed by atoms with van der Waals surface area (Å²) in [5.74, 6) is 0. The molecule has 0 bridgehead atoms. The van der Waals surface area contributed by atoms with Crippen molar-refractivity contribution in [3.8, 4) is 0 Å². The van der Waals surface area contributed by atoms with Crippen LogP contribution in [0.3, 0.4) is 0 Å². The second-order valence-electron chi connectivity index (χ2n) is 2.90. The predicted octanol–water partition coefficient (Wildman–Crippen LogP) is 2.06. The lowest BCUT2D eigenvalue weighted by Crippen LogP contribution is -2.29. The van der Waals surface area contributed by atoms with Gasteiger partial charge in [0.1, 0.15) is 0 Å². The number of allylic oxidation sites excluding steroid dienone is 1. The summed E-state index contributed by atoms with van der Waals surface area (Å²) >= 11 is 0. The molecule has 0 aliphatic carbocycles. The molecule has 0 radical (unpaired) electrons. The Kier molecular flexibility index (Phi) is 3.36. The highest BCUT2D eigenvalue weighted by atomic mass is 31.2. The van der Waals surface area contributed by atoms with Gasteiger partial charge in [-0.25, -0.2) is 0 Å². The zero-order valence-electron chi connectivity index (χ0n) is 6.88. The van der Waals surface area contributed by atoms with Crippen molar-refractivity contribution in [2.45, 2.75) is 24.7 Å². The van der Waals surface area contributed by atoms with E-state index < -0.39 is 25.3 Å². The quantitative estimate of drug-likeness (QED) is 0.563. The summed E-state index contributed by atoms with van der Waals surface area (Å²) in [6, 6.07) is 0. The molecule has 0 aliphatic heterocycles. The summed E-state index contributed by atoms with van der Waals surface area (Å²) in [7, 11) is -4.82. The first-order valence-corrected chi connectivity index (χ1v) is 4.89. The number of rotatable bonds is 3. The Morgan fingerprint density at radius 1 is 1.46 bits per heavy atom. The van der Waals surface area contributed by atoms with E-state index in [1.54, 1.807) is 0 Å². The molecular formula is C6H10F3O3P. The van der Waals surface area contributed by atoms with Gasteiger partial charge in [0.25, 0.3) is 0 Å². The third-order valence-corrected chi connectivity index (χ3v) is 3.34. The highest BCUT2D eigenvalue weighted by molar-refractivity contribution is 7.53. The molecule has 78 valence electrons. The number of hydrogen-bond acceptors (Lipinski definition) is 1. The standard InChI is InChI=1S/C6H10F3O3P/c1-3-5(2,13(10,11)12)4-6(7,8)9/h3H,1,4H2,2H3,(H2,10,11,12). The third-order valence-electron chi connectivity index (χ3n) is 1.66. The van der Waals surface area contributed by atoms with Crippen LogP contribution in [0.4, 0.5) is 13.2 Å². The van der Waals surface area contributed by atoms with Gasteiger partial charge in [-0.05, 0) is 6.92 Å². The molecule has 0 rings (SSSR count). The minimum absolute atomic E-state index is 0.640. The predicted molar refractivity (Wildman–Crippen MR) is 41.3 cm³/mol. The van der Waals surface area contributed by atoms with Crippen molar-refractivity contribution in [3.05, 3.63) is 12.7 Å². The van der Waals surface area contributed by atoms with Crippen LogP contribution in [0, 0.1) is 0 Å². The van der Waals surface area contributed by atoms with E-state index in [1.807, 2.05) is 0 Å². The van der Waals surface area contributed by atoms with E-state index in [0.29, 0.717) is 6.08 Å². The van der Waals surface area contributed by atoms with Gasteiger partial charge in [-0.2, -0.15) is 13.2 Å². The van der Waals surface area contributed by atoms with Crippen LogP contribution in [-0.4, -0.2) is 21.1 Å². The van der Waals surface area contributed by atoms with Crippen molar-refractivity contribution in [2.24, 2.45) is 0 Å². The Hall–Kier alpha value is -0.320. The molecule has 13 heavy (non-hydrogen) atoms. The molecule has 0 aromatic heterocycles. The van der Waals surface area contributed by atoms with Crippen LogP contribution in [0.15, 0.2) is 12.7 Å². The van der Waals surface area contributed by atoms with Crippen LogP contribution in [0.1, 0.15) is 13.3 Å². The summed E-state index contributed by atoms with van der Waals surface area (Å²) in [6.07, 6.45) is -5.56. The Labute approximate surface area is 73.4 Å². The fourth-order valence-corrected chi connectivity index (χ4v) is 1.32. The summed E-state index contributed by atoms with van der Waals surface area (Å²) in [6.45, 7) is 3.82. The molecule has 2 N–H and O–H groups in total. The van der Waals surface area contributed by atoms with Crippen molar-refractivity contribution < 1.29 is 27.5 Å². The maximum Gasteiger partial charge on any atom is 0.390 e. The minimum Gasteiger partial charge on any atom is -0.324 e. The topological polar surface area (TPSA) is 57.5 Å². The van der Waals surface area contributed by atoms with Crippen LogP contribution >= 0.6 is 7.60 Å². The normalized spacial score (nSPS) is 18.0. The van der Waals surface area contributed by atoms with Gasteiger partial charge < -0.3 is 9.79 Å². The lowest BCUT2D eigenvalue weighted by atomic mass is 10.1. The second kappa shape index (κ2) is 3.44. The highest BCUT2D eigenvalue weighted by Gasteiger charge is 2.48. The van der Waals surface area contributed by atoms with Gasteiger partial charge in [0.05, 0.1) is 11.6 Å². The summed E-state index contributed by atoms with van der Waals surface area (Å²) in [5, 5.41) is -2.23. The van der Waals surface area contributed by atoms with E-state index >= 15 is 0 Å². The van der Waals surface area contributed by atoms with Crippen molar-refractivity contribution in [1.29, 1.82) is 0 Å². The van der Waals surface area contributed by atoms with E-state index in [1.165, 1.54) is 0 Å². The smallest absolute Gasteiger partial charge is 0.324 e. The van der Waals surface area contributed by atoms with E-state index in [-0.39, 0.29) is 0 Å². The number of alkyl halides is 3. The van der Waals surface area contributed by atoms with E-state index in [9.17, 15) is 17.7 Å². The Balaban J connectivity index is 4.88. The van der Waals surface area contributed by atoms with Crippen molar-refractivity contribution in [3.63, 3.8) is 0 Å². The number of hydrogen-bond donors (Lipinski definition) is 2. The molecule has 0 saturated heterocycles. The van der Waals surface area contributed by atoms with Gasteiger partial charge in [0.15, 0.2) is 0 Å². The molecule has 0 spiro atoms. The van der Waals surface area contributed by atoms with Gasteiger partial charge in [-0.15, -0.1) is 6.58 Å². The molecule has 0 heterocycles. The Morgan fingerprint density at radius 3 is 1.92 bits per heavy atom. The van der Waals surface area contributed by atoms with E-state index in [0.717, 1.165) is 6.92 Å². The van der Waals surface area contributed by atoms with Crippen LogP contribution in [0.2, 0.25) is 0 Å². The lowest BCUT2D eigenvalue weighted by Gasteiger charge is -2.27. The highest BCUT2D eigenvalue weighted by Crippen LogP contribution is 2.55. The minimum atomic E-state index is -4.82. The molecular weight excluding hydrogens is 208 g/mol. The maximum absolute atomic E-state index is 11.9. The Bertz CT molecular complexity index is 244. The second-order valence-corrected chi connectivity index (χ2v) is 5.01. The fraction of sp³-hybridized carbons (Fsp3) is 0.667. The molecule has 0 fully saturated rings. The van der Waals surface area contributed by atoms with E-state index in [2.05, 4.69) is 6.58 Å². The largest absolute Gasteiger partial charge is 0.390 e. The van der Waals surface area contributed by atoms with Crippen LogP contribution in [0.25, 0.3) is 0 Å². The van der Waals surface area contributed by atoms with Crippen molar-refractivity contribution in [1.82, 2.24) is 0 Å². The molecule has 0 aromatic carbocycles. The molecule has 0 saturated carbocycles. The number of halogens is 3. The van der Waals surface area contributed by atoms with Crippen molar-refractivity contribution >= 4 is 7.60 Å². The van der Waals surface area contributed by atoms with Gasteiger partial charge in [0.2, 0.25) is 0 Å². The molecule has 0 aromatic rings. The zero-order chi connectivity index (χ0) is 10.9. The molecule has 0 amide bonds. The average molecular weight is 218 g/mol. The first-order valence-electron chi connectivity index (χ1n) is 3.28. The molecule has 1 atom stereocenters. The lowest BCUT2D eigenvalue weighted by molar-refractivity contribution is -0.138. The zero-order valence-corrected chi connectivity index (χ0v) is 7.77. The van der Waals surface area contributed by atoms with Crippen LogP contribution in [0.5, 0.6) is 0 Å². The molecule has 0 aliphatic rings. The SMILES string of the molecule is C=CC(C)(CC(F)(F)F)P(=O)(O)O. The first kappa shape index (κ1) is 12.7. The van der Waals surface area contributed by atoms with E-state index in [4.69, 9.17) is 9.79 Å². The monoisotopic (exact) mass is 218 g/mol. The Morgan fingerprint density at radius 2 is 1.85 bits per heavy atom. The van der Waals surface area contributed by atoms with Gasteiger partial charge in [-0.3, -0.25) is 4.57 Å². The van der Waals surface area contributed by atoms with Gasteiger partial charge >= 0.3 is 13.8 Å². The van der Waals surface area contributed by atoms with Crippen LogP contribution in [-0.2, 0) is 4.57 Å². The van der Waals surface area contributed by atoms with Gasteiger partial charge in [-0.1, -0.05) is 6.08 Å².